The van der Waals surface area contributed by atoms with E-state index in [1.54, 1.807) is 13.1 Å². The van der Waals surface area contributed by atoms with Crippen molar-refractivity contribution in [2.24, 2.45) is 0 Å². The molecule has 0 unspecified atom stereocenters. The highest BCUT2D eigenvalue weighted by Gasteiger charge is 2.01. The fraction of sp³-hybridized carbons (Fsp3) is 0.200. The van der Waals surface area contributed by atoms with Crippen LogP contribution in [0, 0.1) is 0 Å². The Labute approximate surface area is 76.0 Å². The van der Waals surface area contributed by atoms with E-state index in [1.807, 2.05) is 29.0 Å². The number of fused-ring (bicyclic) bond motifs is 1. The molecule has 0 amide bonds. The lowest BCUT2D eigenvalue weighted by Crippen LogP contribution is -2.04. The van der Waals surface area contributed by atoms with Crippen LogP contribution in [0.3, 0.4) is 0 Å². The topological polar surface area (TPSA) is 34.9 Å². The zero-order chi connectivity index (χ0) is 9.26. The highest BCUT2D eigenvalue weighted by molar-refractivity contribution is 5.80. The molecule has 3 nitrogen and oxygen atoms in total. The SMILES string of the molecule is CC(=O)Cn1ccc2ncccc21. The molecule has 0 aliphatic heterocycles. The molecule has 2 rings (SSSR count). The fourth-order valence-corrected chi connectivity index (χ4v) is 1.40. The number of hydrogen-bond acceptors (Lipinski definition) is 2. The summed E-state index contributed by atoms with van der Waals surface area (Å²) in [5.41, 5.74) is 1.95. The summed E-state index contributed by atoms with van der Waals surface area (Å²) >= 11 is 0. The van der Waals surface area contributed by atoms with Crippen LogP contribution < -0.4 is 0 Å². The monoisotopic (exact) mass is 174 g/mol. The predicted octanol–water partition coefficient (Wildman–Crippen LogP) is 1.63. The van der Waals surface area contributed by atoms with Crippen LogP contribution in [0.25, 0.3) is 11.0 Å². The Morgan fingerprint density at radius 3 is 3.15 bits per heavy atom. The number of carbonyl (C=O) groups is 1. The summed E-state index contributed by atoms with van der Waals surface area (Å²) < 4.78 is 1.91. The van der Waals surface area contributed by atoms with Gasteiger partial charge in [0.1, 0.15) is 5.78 Å². The smallest absolute Gasteiger partial charge is 0.149 e. The highest BCUT2D eigenvalue weighted by atomic mass is 16.1. The van der Waals surface area contributed by atoms with Crippen LogP contribution in [0.2, 0.25) is 0 Å². The van der Waals surface area contributed by atoms with E-state index in [1.165, 1.54) is 0 Å². The molecular formula is C10H10N2O. The first-order chi connectivity index (χ1) is 6.27. The van der Waals surface area contributed by atoms with Crippen molar-refractivity contribution in [1.29, 1.82) is 0 Å². The molecule has 0 spiro atoms. The summed E-state index contributed by atoms with van der Waals surface area (Å²) in [6.07, 6.45) is 3.64. The van der Waals surface area contributed by atoms with Crippen molar-refractivity contribution in [3.63, 3.8) is 0 Å². The largest absolute Gasteiger partial charge is 0.339 e. The van der Waals surface area contributed by atoms with Crippen molar-refractivity contribution in [1.82, 2.24) is 9.55 Å². The standard InChI is InChI=1S/C10H10N2O/c1-8(13)7-12-6-4-9-10(12)3-2-5-11-9/h2-6H,7H2,1H3. The lowest BCUT2D eigenvalue weighted by molar-refractivity contribution is -0.117. The quantitative estimate of drug-likeness (QED) is 0.693. The molecule has 0 fully saturated rings. The summed E-state index contributed by atoms with van der Waals surface area (Å²) in [6.45, 7) is 2.01. The molecule has 0 saturated carbocycles. The Balaban J connectivity index is 2.51. The maximum absolute atomic E-state index is 10.9. The molecule has 0 radical (unpaired) electrons. The van der Waals surface area contributed by atoms with Crippen LogP contribution in [0.15, 0.2) is 30.6 Å². The maximum atomic E-state index is 10.9. The number of pyridine rings is 1. The van der Waals surface area contributed by atoms with E-state index >= 15 is 0 Å². The van der Waals surface area contributed by atoms with Crippen LogP contribution >= 0.6 is 0 Å². The molecule has 0 aliphatic carbocycles. The Morgan fingerprint density at radius 1 is 1.54 bits per heavy atom. The number of Topliss-reactive ketones (excluding diaryl/α,β-unsaturated/α-hetero) is 1. The first-order valence-corrected chi connectivity index (χ1v) is 4.16. The van der Waals surface area contributed by atoms with Gasteiger partial charge in [-0.1, -0.05) is 0 Å². The van der Waals surface area contributed by atoms with E-state index in [0.717, 1.165) is 11.0 Å². The Hall–Kier alpha value is -1.64. The van der Waals surface area contributed by atoms with E-state index in [2.05, 4.69) is 4.98 Å². The average Bonchev–Trinajstić information content (AvgIpc) is 2.48. The van der Waals surface area contributed by atoms with Gasteiger partial charge < -0.3 is 4.57 Å². The van der Waals surface area contributed by atoms with E-state index < -0.39 is 0 Å². The minimum absolute atomic E-state index is 0.154. The van der Waals surface area contributed by atoms with Crippen molar-refractivity contribution >= 4 is 16.8 Å². The molecule has 66 valence electrons. The lowest BCUT2D eigenvalue weighted by atomic mass is 10.4. The molecular weight excluding hydrogens is 164 g/mol. The zero-order valence-corrected chi connectivity index (χ0v) is 7.40. The van der Waals surface area contributed by atoms with Gasteiger partial charge >= 0.3 is 0 Å². The van der Waals surface area contributed by atoms with Gasteiger partial charge in [-0.05, 0) is 25.1 Å². The number of aromatic nitrogens is 2. The van der Waals surface area contributed by atoms with Crippen molar-refractivity contribution in [3.05, 3.63) is 30.6 Å². The van der Waals surface area contributed by atoms with Crippen molar-refractivity contribution < 1.29 is 4.79 Å². The summed E-state index contributed by atoms with van der Waals surface area (Å²) in [5, 5.41) is 0. The van der Waals surface area contributed by atoms with Gasteiger partial charge in [-0.15, -0.1) is 0 Å². The molecule has 2 aromatic rings. The predicted molar refractivity (Wildman–Crippen MR) is 50.4 cm³/mol. The zero-order valence-electron chi connectivity index (χ0n) is 7.40. The Kier molecular flexibility index (Phi) is 1.85. The van der Waals surface area contributed by atoms with E-state index in [4.69, 9.17) is 0 Å². The second-order valence-electron chi connectivity index (χ2n) is 3.05. The normalized spacial score (nSPS) is 10.5. The van der Waals surface area contributed by atoms with Crippen molar-refractivity contribution in [2.45, 2.75) is 13.5 Å². The minimum Gasteiger partial charge on any atom is -0.339 e. The second-order valence-corrected chi connectivity index (χ2v) is 3.05. The number of nitrogens with zero attached hydrogens (tertiary/aromatic N) is 2. The van der Waals surface area contributed by atoms with Gasteiger partial charge in [-0.25, -0.2) is 0 Å². The highest BCUT2D eigenvalue weighted by Crippen LogP contribution is 2.11. The summed E-state index contributed by atoms with van der Waals surface area (Å²) in [6, 6.07) is 5.75. The number of ketones is 1. The summed E-state index contributed by atoms with van der Waals surface area (Å²) in [5.74, 6) is 0.154. The molecule has 2 heterocycles. The van der Waals surface area contributed by atoms with Crippen LogP contribution in [-0.4, -0.2) is 15.3 Å². The molecule has 0 aliphatic rings. The van der Waals surface area contributed by atoms with Crippen LogP contribution in [-0.2, 0) is 11.3 Å². The second kappa shape index (κ2) is 3.01. The fourth-order valence-electron chi connectivity index (χ4n) is 1.40. The third kappa shape index (κ3) is 1.45. The average molecular weight is 174 g/mol. The number of carbonyl (C=O) groups excluding carboxylic acids is 1. The molecule has 0 bridgehead atoms. The first kappa shape index (κ1) is 7.98. The van der Waals surface area contributed by atoms with E-state index in [9.17, 15) is 4.79 Å². The Bertz CT molecular complexity index is 445. The third-order valence-electron chi connectivity index (χ3n) is 1.93. The summed E-state index contributed by atoms with van der Waals surface area (Å²) in [7, 11) is 0. The van der Waals surface area contributed by atoms with Gasteiger partial charge in [0.2, 0.25) is 0 Å². The van der Waals surface area contributed by atoms with Gasteiger partial charge in [-0.3, -0.25) is 9.78 Å². The van der Waals surface area contributed by atoms with Crippen molar-refractivity contribution in [3.8, 4) is 0 Å². The molecule has 0 aromatic carbocycles. The van der Waals surface area contributed by atoms with Crippen LogP contribution in [0.4, 0.5) is 0 Å². The van der Waals surface area contributed by atoms with Gasteiger partial charge in [0.25, 0.3) is 0 Å². The van der Waals surface area contributed by atoms with Gasteiger partial charge in [0.05, 0.1) is 17.6 Å². The van der Waals surface area contributed by atoms with Crippen LogP contribution in [0.5, 0.6) is 0 Å². The lowest BCUT2D eigenvalue weighted by Gasteiger charge is -2.00. The number of rotatable bonds is 2. The van der Waals surface area contributed by atoms with Gasteiger partial charge in [0.15, 0.2) is 0 Å². The first-order valence-electron chi connectivity index (χ1n) is 4.16. The molecule has 13 heavy (non-hydrogen) atoms. The maximum Gasteiger partial charge on any atom is 0.149 e. The third-order valence-corrected chi connectivity index (χ3v) is 1.93. The molecule has 0 saturated heterocycles. The molecule has 3 heteroatoms. The van der Waals surface area contributed by atoms with Gasteiger partial charge in [-0.2, -0.15) is 0 Å². The number of hydrogen-bond donors (Lipinski definition) is 0. The van der Waals surface area contributed by atoms with Gasteiger partial charge in [0, 0.05) is 12.4 Å². The molecule has 2 aromatic heterocycles. The van der Waals surface area contributed by atoms with Crippen molar-refractivity contribution in [2.75, 3.05) is 0 Å². The Morgan fingerprint density at radius 2 is 2.38 bits per heavy atom. The molecule has 0 atom stereocenters. The van der Waals surface area contributed by atoms with E-state index in [0.29, 0.717) is 6.54 Å². The van der Waals surface area contributed by atoms with E-state index in [-0.39, 0.29) is 5.78 Å². The van der Waals surface area contributed by atoms with Crippen LogP contribution in [0.1, 0.15) is 6.92 Å². The summed E-state index contributed by atoms with van der Waals surface area (Å²) in [4.78, 5) is 15.1. The minimum atomic E-state index is 0.154. The molecule has 0 N–H and O–H groups in total.